The van der Waals surface area contributed by atoms with Crippen molar-refractivity contribution in [1.82, 2.24) is 19.8 Å². The van der Waals surface area contributed by atoms with E-state index in [1.165, 1.54) is 16.4 Å². The summed E-state index contributed by atoms with van der Waals surface area (Å²) in [5.74, 6) is 7.38. The molecule has 0 bridgehead atoms. The monoisotopic (exact) mass is 357 g/mol. The van der Waals surface area contributed by atoms with Crippen LogP contribution in [0, 0.1) is 6.92 Å². The molecule has 0 saturated heterocycles. The van der Waals surface area contributed by atoms with E-state index in [1.807, 2.05) is 42.5 Å². The smallest absolute Gasteiger partial charge is 0.233 e. The van der Waals surface area contributed by atoms with Crippen LogP contribution < -0.4 is 5.84 Å². The highest BCUT2D eigenvalue weighted by Gasteiger charge is 2.18. The summed E-state index contributed by atoms with van der Waals surface area (Å²) in [5.41, 5.74) is 1.06. The number of benzene rings is 1. The number of carbonyl (C=O) groups is 1. The summed E-state index contributed by atoms with van der Waals surface area (Å²) in [7, 11) is 0. The average Bonchev–Trinajstić information content (AvgIpc) is 3.24. The van der Waals surface area contributed by atoms with Gasteiger partial charge in [0.05, 0.1) is 18.6 Å². The number of thioether (sulfide) groups is 1. The molecule has 130 valence electrons. The van der Waals surface area contributed by atoms with Gasteiger partial charge in [-0.25, -0.2) is 4.68 Å². The van der Waals surface area contributed by atoms with Crippen molar-refractivity contribution in [2.24, 2.45) is 0 Å². The highest BCUT2D eigenvalue weighted by atomic mass is 32.2. The fraction of sp³-hybridized carbons (Fsp3) is 0.235. The van der Waals surface area contributed by atoms with E-state index in [2.05, 4.69) is 10.2 Å². The highest BCUT2D eigenvalue weighted by molar-refractivity contribution is 7.99. The second-order valence-corrected chi connectivity index (χ2v) is 6.45. The molecular weight excluding hydrogens is 338 g/mol. The lowest BCUT2D eigenvalue weighted by atomic mass is 10.2. The second kappa shape index (κ2) is 7.89. The van der Waals surface area contributed by atoms with Crippen molar-refractivity contribution in [3.05, 3.63) is 65.9 Å². The summed E-state index contributed by atoms with van der Waals surface area (Å²) in [6, 6.07) is 13.5. The van der Waals surface area contributed by atoms with Crippen molar-refractivity contribution in [2.75, 3.05) is 11.6 Å². The molecule has 0 unspecified atom stereocenters. The Morgan fingerprint density at radius 3 is 2.64 bits per heavy atom. The summed E-state index contributed by atoms with van der Waals surface area (Å²) in [4.78, 5) is 14.5. The van der Waals surface area contributed by atoms with Crippen LogP contribution in [0.4, 0.5) is 0 Å². The van der Waals surface area contributed by atoms with Gasteiger partial charge in [-0.1, -0.05) is 42.1 Å². The van der Waals surface area contributed by atoms with E-state index in [4.69, 9.17) is 10.3 Å². The van der Waals surface area contributed by atoms with Gasteiger partial charge < -0.3 is 15.2 Å². The number of nitrogens with zero attached hydrogens (tertiary/aromatic N) is 4. The first-order valence-corrected chi connectivity index (χ1v) is 8.76. The van der Waals surface area contributed by atoms with Gasteiger partial charge >= 0.3 is 0 Å². The van der Waals surface area contributed by atoms with Crippen molar-refractivity contribution >= 4 is 17.7 Å². The number of nitrogens with two attached hydrogens (primary N) is 1. The molecule has 2 heterocycles. The van der Waals surface area contributed by atoms with E-state index in [-0.39, 0.29) is 11.7 Å². The summed E-state index contributed by atoms with van der Waals surface area (Å²) < 4.78 is 6.77. The Kier molecular flexibility index (Phi) is 5.39. The van der Waals surface area contributed by atoms with Gasteiger partial charge in [0, 0.05) is 6.54 Å². The number of hydrogen-bond acceptors (Lipinski definition) is 6. The van der Waals surface area contributed by atoms with Crippen LogP contribution >= 0.6 is 11.8 Å². The van der Waals surface area contributed by atoms with Crippen LogP contribution in [0.1, 0.15) is 17.1 Å². The van der Waals surface area contributed by atoms with Crippen molar-refractivity contribution in [3.63, 3.8) is 0 Å². The molecule has 3 rings (SSSR count). The Balaban J connectivity index is 1.68. The van der Waals surface area contributed by atoms with Gasteiger partial charge in [0.25, 0.3) is 0 Å². The van der Waals surface area contributed by atoms with Gasteiger partial charge in [-0.3, -0.25) is 4.79 Å². The summed E-state index contributed by atoms with van der Waals surface area (Å²) in [6.07, 6.45) is 1.61. The lowest BCUT2D eigenvalue weighted by molar-refractivity contribution is -0.129. The molecule has 0 spiro atoms. The minimum Gasteiger partial charge on any atom is -0.467 e. The molecule has 0 radical (unpaired) electrons. The van der Waals surface area contributed by atoms with Crippen LogP contribution in [0.5, 0.6) is 0 Å². The Hall–Kier alpha value is -2.74. The van der Waals surface area contributed by atoms with Gasteiger partial charge in [0.1, 0.15) is 11.6 Å². The number of furan rings is 1. The molecule has 0 aliphatic carbocycles. The lowest BCUT2D eigenvalue weighted by Gasteiger charge is -2.21. The normalized spacial score (nSPS) is 10.8. The molecule has 0 fully saturated rings. The van der Waals surface area contributed by atoms with Gasteiger partial charge in [0.15, 0.2) is 0 Å². The molecule has 2 aromatic heterocycles. The van der Waals surface area contributed by atoms with Gasteiger partial charge in [-0.2, -0.15) is 0 Å². The molecular formula is C17H19N5O2S. The fourth-order valence-electron chi connectivity index (χ4n) is 2.29. The van der Waals surface area contributed by atoms with Gasteiger partial charge in [0.2, 0.25) is 11.1 Å². The number of rotatable bonds is 7. The largest absolute Gasteiger partial charge is 0.467 e. The number of amides is 1. The third-order valence-corrected chi connectivity index (χ3v) is 4.58. The number of aromatic nitrogens is 3. The summed E-state index contributed by atoms with van der Waals surface area (Å²) in [6.45, 7) is 2.68. The van der Waals surface area contributed by atoms with E-state index in [0.717, 1.165) is 11.3 Å². The van der Waals surface area contributed by atoms with E-state index in [9.17, 15) is 4.79 Å². The SMILES string of the molecule is Cc1nnc(SCC(=O)N(Cc2ccccc2)Cc2ccco2)n1N. The number of hydrogen-bond donors (Lipinski definition) is 1. The van der Waals surface area contributed by atoms with Crippen LogP contribution in [-0.4, -0.2) is 31.4 Å². The molecule has 0 atom stereocenters. The zero-order chi connectivity index (χ0) is 17.6. The van der Waals surface area contributed by atoms with E-state index < -0.39 is 0 Å². The molecule has 8 heteroatoms. The fourth-order valence-corrected chi connectivity index (χ4v) is 3.10. The van der Waals surface area contributed by atoms with Crippen LogP contribution in [0.2, 0.25) is 0 Å². The maximum atomic E-state index is 12.7. The predicted molar refractivity (Wildman–Crippen MR) is 95.0 cm³/mol. The molecule has 0 aliphatic rings. The summed E-state index contributed by atoms with van der Waals surface area (Å²) >= 11 is 1.27. The van der Waals surface area contributed by atoms with Crippen molar-refractivity contribution in [2.45, 2.75) is 25.2 Å². The first-order chi connectivity index (χ1) is 12.1. The van der Waals surface area contributed by atoms with Crippen molar-refractivity contribution < 1.29 is 9.21 Å². The Bertz CT molecular complexity index is 817. The number of nitrogen functional groups attached to an aromatic ring is 1. The Morgan fingerprint density at radius 2 is 2.00 bits per heavy atom. The number of aryl methyl sites for hydroxylation is 1. The van der Waals surface area contributed by atoms with E-state index in [0.29, 0.717) is 24.1 Å². The molecule has 25 heavy (non-hydrogen) atoms. The molecule has 2 N–H and O–H groups in total. The Labute approximate surface area is 149 Å². The van der Waals surface area contributed by atoms with Crippen LogP contribution in [0.25, 0.3) is 0 Å². The number of carbonyl (C=O) groups excluding carboxylic acids is 1. The van der Waals surface area contributed by atoms with E-state index >= 15 is 0 Å². The predicted octanol–water partition coefficient (Wildman–Crippen LogP) is 2.21. The first kappa shape index (κ1) is 17.1. The standard InChI is InChI=1S/C17H19N5O2S/c1-13-19-20-17(22(13)18)25-12-16(23)21(11-15-8-5-9-24-15)10-14-6-3-2-4-7-14/h2-9H,10-12,18H2,1H3. The highest BCUT2D eigenvalue weighted by Crippen LogP contribution is 2.17. The third kappa shape index (κ3) is 4.42. The van der Waals surface area contributed by atoms with Crippen LogP contribution in [0.15, 0.2) is 58.3 Å². The van der Waals surface area contributed by atoms with Crippen LogP contribution in [-0.2, 0) is 17.9 Å². The molecule has 1 amide bonds. The second-order valence-electron chi connectivity index (χ2n) is 5.50. The van der Waals surface area contributed by atoms with Gasteiger partial charge in [-0.15, -0.1) is 10.2 Å². The van der Waals surface area contributed by atoms with Crippen molar-refractivity contribution in [1.29, 1.82) is 0 Å². The maximum absolute atomic E-state index is 12.7. The van der Waals surface area contributed by atoms with Crippen molar-refractivity contribution in [3.8, 4) is 0 Å². The molecule has 1 aromatic carbocycles. The zero-order valence-electron chi connectivity index (χ0n) is 13.8. The maximum Gasteiger partial charge on any atom is 0.233 e. The molecule has 3 aromatic rings. The summed E-state index contributed by atoms with van der Waals surface area (Å²) in [5, 5.41) is 8.38. The minimum absolute atomic E-state index is 0.0223. The van der Waals surface area contributed by atoms with Crippen LogP contribution in [0.3, 0.4) is 0 Å². The first-order valence-electron chi connectivity index (χ1n) is 7.77. The third-order valence-electron chi connectivity index (χ3n) is 3.66. The van der Waals surface area contributed by atoms with Gasteiger partial charge in [-0.05, 0) is 24.6 Å². The molecule has 0 aliphatic heterocycles. The molecule has 7 nitrogen and oxygen atoms in total. The zero-order valence-corrected chi connectivity index (χ0v) is 14.6. The van der Waals surface area contributed by atoms with E-state index in [1.54, 1.807) is 18.1 Å². The Morgan fingerprint density at radius 1 is 1.20 bits per heavy atom. The average molecular weight is 357 g/mol. The topological polar surface area (TPSA) is 90.2 Å². The minimum atomic E-state index is -0.0223. The quantitative estimate of drug-likeness (QED) is 0.515. The lowest BCUT2D eigenvalue weighted by Crippen LogP contribution is -2.31. The molecule has 0 saturated carbocycles.